The average Bonchev–Trinajstić information content (AvgIpc) is 3.28. The molecule has 4 rings (SSSR count). The number of nitrogens with one attached hydrogen (secondary N) is 1. The molecule has 1 aromatic heterocycles. The molecule has 0 saturated carbocycles. The summed E-state index contributed by atoms with van der Waals surface area (Å²) in [5, 5.41) is 7.64. The van der Waals surface area contributed by atoms with E-state index in [0.29, 0.717) is 29.2 Å². The van der Waals surface area contributed by atoms with Crippen molar-refractivity contribution in [3.63, 3.8) is 0 Å². The van der Waals surface area contributed by atoms with Crippen LogP contribution in [0.3, 0.4) is 0 Å². The number of carbonyl (C=O) groups excluding carboxylic acids is 1. The lowest BCUT2D eigenvalue weighted by Gasteiger charge is -2.26. The molecule has 1 amide bonds. The van der Waals surface area contributed by atoms with Gasteiger partial charge in [0.15, 0.2) is 0 Å². The van der Waals surface area contributed by atoms with Crippen LogP contribution < -0.4 is 10.1 Å². The zero-order valence-corrected chi connectivity index (χ0v) is 18.1. The number of rotatable bonds is 8. The second-order valence-corrected chi connectivity index (χ2v) is 7.61. The minimum absolute atomic E-state index is 0.196. The lowest BCUT2D eigenvalue weighted by molar-refractivity contribution is 0.0374. The standard InChI is InChI=1S/C24H27FN4O3/c1-31-21-5-2-4-18(16-21)23-22(17-29(27-23)20-8-6-19(25)7-9-20)24(30)26-10-3-11-28-12-14-32-15-13-28/h2,4-9,16-17H,3,10-15H2,1H3,(H,26,30). The molecule has 0 unspecified atom stereocenters. The number of methoxy groups -OCH3 is 1. The van der Waals surface area contributed by atoms with Crippen LogP contribution in [0.1, 0.15) is 16.8 Å². The summed E-state index contributed by atoms with van der Waals surface area (Å²) < 4.78 is 25.6. The van der Waals surface area contributed by atoms with Crippen molar-refractivity contribution in [3.8, 4) is 22.7 Å². The Bertz CT molecular complexity index is 1050. The Kier molecular flexibility index (Phi) is 7.14. The van der Waals surface area contributed by atoms with Gasteiger partial charge in [-0.3, -0.25) is 9.69 Å². The van der Waals surface area contributed by atoms with Crippen molar-refractivity contribution in [1.29, 1.82) is 0 Å². The molecule has 1 saturated heterocycles. The molecule has 0 aliphatic carbocycles. The van der Waals surface area contributed by atoms with E-state index in [1.54, 1.807) is 30.1 Å². The highest BCUT2D eigenvalue weighted by molar-refractivity contribution is 6.00. The van der Waals surface area contributed by atoms with E-state index in [4.69, 9.17) is 9.47 Å². The molecule has 168 valence electrons. The van der Waals surface area contributed by atoms with Crippen LogP contribution in [0, 0.1) is 5.82 Å². The number of nitrogens with zero attached hydrogens (tertiary/aromatic N) is 3. The number of halogens is 1. The van der Waals surface area contributed by atoms with Crippen LogP contribution in [0.4, 0.5) is 4.39 Å². The molecule has 1 N–H and O–H groups in total. The summed E-state index contributed by atoms with van der Waals surface area (Å²) in [4.78, 5) is 15.4. The van der Waals surface area contributed by atoms with Gasteiger partial charge in [-0.05, 0) is 49.4 Å². The quantitative estimate of drug-likeness (QED) is 0.548. The highest BCUT2D eigenvalue weighted by Gasteiger charge is 2.19. The normalized spacial score (nSPS) is 14.3. The van der Waals surface area contributed by atoms with Crippen molar-refractivity contribution in [3.05, 3.63) is 66.1 Å². The molecule has 7 nitrogen and oxygen atoms in total. The van der Waals surface area contributed by atoms with Crippen molar-refractivity contribution >= 4 is 5.91 Å². The number of aromatic nitrogens is 2. The number of benzene rings is 2. The van der Waals surface area contributed by atoms with Gasteiger partial charge >= 0.3 is 0 Å². The Morgan fingerprint density at radius 3 is 2.72 bits per heavy atom. The van der Waals surface area contributed by atoms with Crippen LogP contribution in [0.2, 0.25) is 0 Å². The van der Waals surface area contributed by atoms with Gasteiger partial charge in [0.1, 0.15) is 17.3 Å². The predicted octanol–water partition coefficient (Wildman–Crippen LogP) is 3.14. The van der Waals surface area contributed by atoms with Crippen molar-refractivity contribution in [2.24, 2.45) is 0 Å². The summed E-state index contributed by atoms with van der Waals surface area (Å²) in [6.07, 6.45) is 2.53. The Morgan fingerprint density at radius 1 is 1.19 bits per heavy atom. The number of amides is 1. The van der Waals surface area contributed by atoms with E-state index in [9.17, 15) is 9.18 Å². The second kappa shape index (κ2) is 10.4. The third-order valence-electron chi connectivity index (χ3n) is 5.43. The zero-order valence-electron chi connectivity index (χ0n) is 18.1. The molecule has 0 bridgehead atoms. The maximum absolute atomic E-state index is 13.4. The van der Waals surface area contributed by atoms with Crippen LogP contribution in [0.5, 0.6) is 5.75 Å². The van der Waals surface area contributed by atoms with Crippen molar-refractivity contribution in [2.75, 3.05) is 46.5 Å². The van der Waals surface area contributed by atoms with Crippen LogP contribution in [0.25, 0.3) is 16.9 Å². The fourth-order valence-corrected chi connectivity index (χ4v) is 3.67. The highest BCUT2D eigenvalue weighted by atomic mass is 19.1. The first-order valence-electron chi connectivity index (χ1n) is 10.7. The molecule has 3 aromatic rings. The van der Waals surface area contributed by atoms with Gasteiger partial charge < -0.3 is 14.8 Å². The Balaban J connectivity index is 1.53. The third-order valence-corrected chi connectivity index (χ3v) is 5.43. The Hall–Kier alpha value is -3.23. The summed E-state index contributed by atoms with van der Waals surface area (Å²) in [6, 6.07) is 13.4. The van der Waals surface area contributed by atoms with Crippen molar-refractivity contribution in [1.82, 2.24) is 20.0 Å². The van der Waals surface area contributed by atoms with Crippen LogP contribution >= 0.6 is 0 Å². The van der Waals surface area contributed by atoms with Gasteiger partial charge in [-0.25, -0.2) is 9.07 Å². The lowest BCUT2D eigenvalue weighted by atomic mass is 10.1. The lowest BCUT2D eigenvalue weighted by Crippen LogP contribution is -2.38. The van der Waals surface area contributed by atoms with Gasteiger partial charge in [-0.2, -0.15) is 5.10 Å². The molecular formula is C24H27FN4O3. The summed E-state index contributed by atoms with van der Waals surface area (Å²) in [5.74, 6) is 0.154. The summed E-state index contributed by atoms with van der Waals surface area (Å²) in [5.41, 5.74) is 2.43. The van der Waals surface area contributed by atoms with E-state index < -0.39 is 0 Å². The van der Waals surface area contributed by atoms with Gasteiger partial charge in [0.25, 0.3) is 5.91 Å². The summed E-state index contributed by atoms with van der Waals surface area (Å²) in [6.45, 7) is 4.87. The molecule has 2 heterocycles. The predicted molar refractivity (Wildman–Crippen MR) is 120 cm³/mol. The first-order chi connectivity index (χ1) is 15.6. The number of carbonyl (C=O) groups is 1. The molecule has 2 aromatic carbocycles. The van der Waals surface area contributed by atoms with E-state index in [2.05, 4.69) is 15.3 Å². The van der Waals surface area contributed by atoms with E-state index in [-0.39, 0.29) is 11.7 Å². The highest BCUT2D eigenvalue weighted by Crippen LogP contribution is 2.27. The molecule has 0 spiro atoms. The fourth-order valence-electron chi connectivity index (χ4n) is 3.67. The van der Waals surface area contributed by atoms with Gasteiger partial charge in [0.2, 0.25) is 0 Å². The minimum Gasteiger partial charge on any atom is -0.497 e. The molecule has 1 aliphatic heterocycles. The molecular weight excluding hydrogens is 411 g/mol. The fraction of sp³-hybridized carbons (Fsp3) is 0.333. The smallest absolute Gasteiger partial charge is 0.255 e. The molecule has 0 atom stereocenters. The van der Waals surface area contributed by atoms with Gasteiger partial charge in [0, 0.05) is 31.4 Å². The second-order valence-electron chi connectivity index (χ2n) is 7.61. The summed E-state index contributed by atoms with van der Waals surface area (Å²) in [7, 11) is 1.60. The molecule has 1 fully saturated rings. The van der Waals surface area contributed by atoms with Gasteiger partial charge in [0.05, 0.1) is 31.6 Å². The van der Waals surface area contributed by atoms with Crippen molar-refractivity contribution < 1.29 is 18.7 Å². The Labute approximate surface area is 186 Å². The van der Waals surface area contributed by atoms with Crippen LogP contribution in [0.15, 0.2) is 54.7 Å². The molecule has 0 radical (unpaired) electrons. The van der Waals surface area contributed by atoms with Gasteiger partial charge in [-0.1, -0.05) is 12.1 Å². The molecule has 32 heavy (non-hydrogen) atoms. The Morgan fingerprint density at radius 2 is 1.97 bits per heavy atom. The van der Waals surface area contributed by atoms with E-state index >= 15 is 0 Å². The molecule has 1 aliphatic rings. The number of ether oxygens (including phenoxy) is 2. The monoisotopic (exact) mass is 438 g/mol. The van der Waals surface area contributed by atoms with Crippen LogP contribution in [-0.4, -0.2) is 67.1 Å². The largest absolute Gasteiger partial charge is 0.497 e. The first kappa shape index (κ1) is 22.0. The van der Waals surface area contributed by atoms with Crippen LogP contribution in [-0.2, 0) is 4.74 Å². The SMILES string of the molecule is COc1cccc(-c2nn(-c3ccc(F)cc3)cc2C(=O)NCCCN2CCOCC2)c1. The topological polar surface area (TPSA) is 68.6 Å². The maximum atomic E-state index is 13.4. The maximum Gasteiger partial charge on any atom is 0.255 e. The zero-order chi connectivity index (χ0) is 22.3. The van der Waals surface area contributed by atoms with E-state index in [0.717, 1.165) is 44.8 Å². The summed E-state index contributed by atoms with van der Waals surface area (Å²) >= 11 is 0. The minimum atomic E-state index is -0.327. The number of hydrogen-bond donors (Lipinski definition) is 1. The average molecular weight is 439 g/mol. The van der Waals surface area contributed by atoms with Gasteiger partial charge in [-0.15, -0.1) is 0 Å². The van der Waals surface area contributed by atoms with Crippen molar-refractivity contribution in [2.45, 2.75) is 6.42 Å². The number of morpholine rings is 1. The third kappa shape index (κ3) is 5.33. The molecule has 8 heteroatoms. The van der Waals surface area contributed by atoms with E-state index in [1.807, 2.05) is 24.3 Å². The first-order valence-corrected chi connectivity index (χ1v) is 10.7. The number of hydrogen-bond acceptors (Lipinski definition) is 5. The van der Waals surface area contributed by atoms with E-state index in [1.165, 1.54) is 12.1 Å².